The molecule has 2 aromatic rings. The Balaban J connectivity index is 1.71. The number of hydrogen-bond acceptors (Lipinski definition) is 4. The second-order valence-electron chi connectivity index (χ2n) is 6.28. The van der Waals surface area contributed by atoms with Crippen LogP contribution < -0.4 is 16.6 Å². The Morgan fingerprint density at radius 2 is 1.84 bits per heavy atom. The molecule has 1 aromatic carbocycles. The van der Waals surface area contributed by atoms with Crippen molar-refractivity contribution >= 4 is 5.91 Å². The molecule has 0 radical (unpaired) electrons. The highest BCUT2D eigenvalue weighted by atomic mass is 16.2. The van der Waals surface area contributed by atoms with Gasteiger partial charge in [-0.1, -0.05) is 30.3 Å². The number of aromatic amines is 1. The van der Waals surface area contributed by atoms with Gasteiger partial charge >= 0.3 is 5.69 Å². The predicted octanol–water partition coefficient (Wildman–Crippen LogP) is 0.490. The van der Waals surface area contributed by atoms with Gasteiger partial charge < -0.3 is 10.2 Å². The van der Waals surface area contributed by atoms with Crippen LogP contribution in [0.3, 0.4) is 0 Å². The fourth-order valence-corrected chi connectivity index (χ4v) is 3.11. The molecule has 1 amide bonds. The maximum absolute atomic E-state index is 12.4. The van der Waals surface area contributed by atoms with E-state index in [1.807, 2.05) is 30.3 Å². The molecule has 0 aliphatic carbocycles. The van der Waals surface area contributed by atoms with E-state index in [0.717, 1.165) is 25.2 Å². The van der Waals surface area contributed by atoms with Crippen molar-refractivity contribution in [2.24, 2.45) is 0 Å². The summed E-state index contributed by atoms with van der Waals surface area (Å²) in [6, 6.07) is 10.9. The van der Waals surface area contributed by atoms with Crippen LogP contribution in [0.15, 0.2) is 52.2 Å². The van der Waals surface area contributed by atoms with E-state index >= 15 is 0 Å². The second kappa shape index (κ2) is 7.94. The van der Waals surface area contributed by atoms with Gasteiger partial charge in [0.05, 0.1) is 6.04 Å². The minimum Gasteiger partial charge on any atom is -0.346 e. The number of carbonyl (C=O) groups excluding carboxylic acids is 1. The molecule has 1 aromatic heterocycles. The number of likely N-dealkylation sites (tertiary alicyclic amines) is 1. The van der Waals surface area contributed by atoms with E-state index in [1.165, 1.54) is 29.7 Å². The van der Waals surface area contributed by atoms with E-state index in [-0.39, 0.29) is 18.5 Å². The smallest absolute Gasteiger partial charge is 0.328 e. The maximum Gasteiger partial charge on any atom is 0.328 e. The Kier molecular flexibility index (Phi) is 5.45. The van der Waals surface area contributed by atoms with Crippen LogP contribution in [0, 0.1) is 0 Å². The van der Waals surface area contributed by atoms with Crippen molar-refractivity contribution in [3.63, 3.8) is 0 Å². The summed E-state index contributed by atoms with van der Waals surface area (Å²) >= 11 is 0. The Morgan fingerprint density at radius 1 is 1.12 bits per heavy atom. The lowest BCUT2D eigenvalue weighted by atomic mass is 10.1. The number of benzene rings is 1. The molecule has 7 nitrogen and oxygen atoms in total. The first-order valence-corrected chi connectivity index (χ1v) is 8.48. The quantitative estimate of drug-likeness (QED) is 0.800. The molecular weight excluding hydrogens is 320 g/mol. The Labute approximate surface area is 145 Å². The van der Waals surface area contributed by atoms with Crippen LogP contribution in [-0.4, -0.2) is 40.0 Å². The molecule has 2 heterocycles. The summed E-state index contributed by atoms with van der Waals surface area (Å²) in [6.07, 6.45) is 3.70. The van der Waals surface area contributed by atoms with Gasteiger partial charge in [-0.05, 0) is 31.5 Å². The molecule has 1 fully saturated rings. The summed E-state index contributed by atoms with van der Waals surface area (Å²) in [5, 5.41) is 3.02. The van der Waals surface area contributed by atoms with Crippen molar-refractivity contribution in [2.75, 3.05) is 19.6 Å². The van der Waals surface area contributed by atoms with Crippen LogP contribution in [0.25, 0.3) is 0 Å². The van der Waals surface area contributed by atoms with Gasteiger partial charge in [0.1, 0.15) is 6.54 Å². The van der Waals surface area contributed by atoms with Crippen LogP contribution in [0.2, 0.25) is 0 Å². The Hall–Kier alpha value is -2.67. The van der Waals surface area contributed by atoms with Crippen molar-refractivity contribution in [1.82, 2.24) is 19.8 Å². The molecule has 3 rings (SSSR count). The van der Waals surface area contributed by atoms with Gasteiger partial charge in [-0.25, -0.2) is 4.79 Å². The third kappa shape index (κ3) is 4.67. The summed E-state index contributed by atoms with van der Waals surface area (Å²) in [4.78, 5) is 39.8. The molecule has 1 aliphatic rings. The molecule has 1 atom stereocenters. The van der Waals surface area contributed by atoms with E-state index in [9.17, 15) is 14.4 Å². The van der Waals surface area contributed by atoms with E-state index in [4.69, 9.17) is 0 Å². The molecule has 1 unspecified atom stereocenters. The van der Waals surface area contributed by atoms with Gasteiger partial charge in [-0.2, -0.15) is 0 Å². The summed E-state index contributed by atoms with van der Waals surface area (Å²) in [5.41, 5.74) is -0.0205. The third-order valence-electron chi connectivity index (χ3n) is 4.39. The molecule has 25 heavy (non-hydrogen) atoms. The van der Waals surface area contributed by atoms with Crippen LogP contribution in [0.4, 0.5) is 0 Å². The van der Waals surface area contributed by atoms with Gasteiger partial charge in [-0.3, -0.25) is 19.1 Å². The lowest BCUT2D eigenvalue weighted by Crippen LogP contribution is -2.40. The summed E-state index contributed by atoms with van der Waals surface area (Å²) in [5.74, 6) is -0.262. The lowest BCUT2D eigenvalue weighted by molar-refractivity contribution is -0.122. The number of amides is 1. The van der Waals surface area contributed by atoms with Gasteiger partial charge in [-0.15, -0.1) is 0 Å². The molecule has 0 bridgehead atoms. The topological polar surface area (TPSA) is 87.2 Å². The number of nitrogens with zero attached hydrogens (tertiary/aromatic N) is 2. The first kappa shape index (κ1) is 17.2. The molecule has 1 saturated heterocycles. The number of rotatable bonds is 6. The lowest BCUT2D eigenvalue weighted by Gasteiger charge is -2.25. The fourth-order valence-electron chi connectivity index (χ4n) is 3.11. The summed E-state index contributed by atoms with van der Waals surface area (Å²) < 4.78 is 1.19. The van der Waals surface area contributed by atoms with Crippen LogP contribution >= 0.6 is 0 Å². The highest BCUT2D eigenvalue weighted by Gasteiger charge is 2.20. The zero-order valence-corrected chi connectivity index (χ0v) is 14.0. The van der Waals surface area contributed by atoms with Gasteiger partial charge in [0.2, 0.25) is 5.91 Å². The first-order chi connectivity index (χ1) is 12.1. The van der Waals surface area contributed by atoms with E-state index in [2.05, 4.69) is 15.2 Å². The average molecular weight is 342 g/mol. The van der Waals surface area contributed by atoms with E-state index in [1.54, 1.807) is 0 Å². The number of nitrogens with one attached hydrogen (secondary N) is 2. The minimum atomic E-state index is -0.585. The van der Waals surface area contributed by atoms with Gasteiger partial charge in [0, 0.05) is 18.8 Å². The zero-order valence-electron chi connectivity index (χ0n) is 14.0. The highest BCUT2D eigenvalue weighted by Crippen LogP contribution is 2.17. The molecule has 2 N–H and O–H groups in total. The SMILES string of the molecule is O=C(Cn1ccc(=O)[nH]c1=O)NC(CN1CCCC1)c1ccccc1. The fraction of sp³-hybridized carbons (Fsp3) is 0.389. The van der Waals surface area contributed by atoms with Crippen LogP contribution in [0.5, 0.6) is 0 Å². The zero-order chi connectivity index (χ0) is 17.6. The van der Waals surface area contributed by atoms with Crippen molar-refractivity contribution < 1.29 is 4.79 Å². The normalized spacial score (nSPS) is 15.8. The number of H-pyrrole nitrogens is 1. The first-order valence-electron chi connectivity index (χ1n) is 8.48. The standard InChI is InChI=1S/C18H22N4O3/c23-16-8-11-22(18(25)20-16)13-17(24)19-15(12-21-9-4-5-10-21)14-6-2-1-3-7-14/h1-3,6-8,11,15H,4-5,9-10,12-13H2,(H,19,24)(H,20,23,25). The molecule has 132 valence electrons. The van der Waals surface area contributed by atoms with Crippen molar-refractivity contribution in [3.8, 4) is 0 Å². The third-order valence-corrected chi connectivity index (χ3v) is 4.39. The van der Waals surface area contributed by atoms with Crippen molar-refractivity contribution in [3.05, 3.63) is 69.0 Å². The maximum atomic E-state index is 12.4. The molecule has 0 spiro atoms. The minimum absolute atomic E-state index is 0.126. The van der Waals surface area contributed by atoms with Crippen molar-refractivity contribution in [2.45, 2.75) is 25.4 Å². The monoisotopic (exact) mass is 342 g/mol. The number of carbonyl (C=O) groups is 1. The average Bonchev–Trinajstić information content (AvgIpc) is 3.11. The molecular formula is C18H22N4O3. The summed E-state index contributed by atoms with van der Waals surface area (Å²) in [6.45, 7) is 2.70. The van der Waals surface area contributed by atoms with E-state index in [0.29, 0.717) is 0 Å². The van der Waals surface area contributed by atoms with Crippen LogP contribution in [0.1, 0.15) is 24.4 Å². The molecule has 0 saturated carbocycles. The summed E-state index contributed by atoms with van der Waals surface area (Å²) in [7, 11) is 0. The van der Waals surface area contributed by atoms with Crippen LogP contribution in [-0.2, 0) is 11.3 Å². The molecule has 1 aliphatic heterocycles. The largest absolute Gasteiger partial charge is 0.346 e. The Bertz CT molecular complexity index is 822. The van der Waals surface area contributed by atoms with Gasteiger partial charge in [0.15, 0.2) is 0 Å². The number of hydrogen-bond donors (Lipinski definition) is 2. The Morgan fingerprint density at radius 3 is 2.52 bits per heavy atom. The number of aromatic nitrogens is 2. The predicted molar refractivity (Wildman–Crippen MR) is 94.3 cm³/mol. The van der Waals surface area contributed by atoms with Gasteiger partial charge in [0.25, 0.3) is 5.56 Å². The molecule has 7 heteroatoms. The second-order valence-corrected chi connectivity index (χ2v) is 6.28. The van der Waals surface area contributed by atoms with Crippen molar-refractivity contribution in [1.29, 1.82) is 0 Å². The highest BCUT2D eigenvalue weighted by molar-refractivity contribution is 5.76. The van der Waals surface area contributed by atoms with E-state index < -0.39 is 11.2 Å².